The molecular formula is C11H18BrN3O. The van der Waals surface area contributed by atoms with E-state index in [0.717, 1.165) is 30.7 Å². The minimum atomic E-state index is 0.298. The van der Waals surface area contributed by atoms with Gasteiger partial charge in [-0.15, -0.1) is 0 Å². The average Bonchev–Trinajstić information content (AvgIpc) is 2.52. The summed E-state index contributed by atoms with van der Waals surface area (Å²) in [6.07, 6.45) is 0.298. The van der Waals surface area contributed by atoms with E-state index in [0.29, 0.717) is 6.10 Å². The van der Waals surface area contributed by atoms with Crippen LogP contribution >= 0.6 is 15.9 Å². The lowest BCUT2D eigenvalue weighted by Gasteiger charge is -2.33. The van der Waals surface area contributed by atoms with Gasteiger partial charge in [0.1, 0.15) is 5.82 Å². The number of morpholine rings is 1. The molecule has 0 amide bonds. The van der Waals surface area contributed by atoms with Crippen LogP contribution in [0.25, 0.3) is 0 Å². The Kier molecular flexibility index (Phi) is 3.54. The monoisotopic (exact) mass is 287 g/mol. The third-order valence-corrected chi connectivity index (χ3v) is 3.55. The fourth-order valence-corrected chi connectivity index (χ4v) is 2.91. The van der Waals surface area contributed by atoms with Crippen molar-refractivity contribution < 1.29 is 4.74 Å². The highest BCUT2D eigenvalue weighted by atomic mass is 79.9. The van der Waals surface area contributed by atoms with Gasteiger partial charge in [-0.1, -0.05) is 15.9 Å². The highest BCUT2D eigenvalue weighted by Crippen LogP contribution is 2.26. The Morgan fingerprint density at radius 3 is 2.94 bits per heavy atom. The minimum Gasteiger partial charge on any atom is -0.375 e. The lowest BCUT2D eigenvalue weighted by molar-refractivity contribution is 0.0526. The van der Waals surface area contributed by atoms with Gasteiger partial charge in [0.05, 0.1) is 18.4 Å². The van der Waals surface area contributed by atoms with Crippen molar-refractivity contribution in [3.8, 4) is 0 Å². The molecule has 0 bridgehead atoms. The van der Waals surface area contributed by atoms with Crippen LogP contribution in [0.3, 0.4) is 0 Å². The topological polar surface area (TPSA) is 30.3 Å². The molecule has 1 atom stereocenters. The normalized spacial score (nSPS) is 21.5. The molecule has 16 heavy (non-hydrogen) atoms. The van der Waals surface area contributed by atoms with E-state index >= 15 is 0 Å². The van der Waals surface area contributed by atoms with Crippen LogP contribution in [-0.2, 0) is 17.1 Å². The van der Waals surface area contributed by atoms with Crippen molar-refractivity contribution in [3.05, 3.63) is 11.3 Å². The lowest BCUT2D eigenvalue weighted by atomic mass is 10.2. The zero-order valence-electron chi connectivity index (χ0n) is 10.0. The molecule has 1 aromatic rings. The van der Waals surface area contributed by atoms with E-state index in [1.165, 1.54) is 11.4 Å². The Bertz CT molecular complexity index is 378. The molecule has 0 N–H and O–H groups in total. The molecule has 1 unspecified atom stereocenters. The van der Waals surface area contributed by atoms with Crippen molar-refractivity contribution in [3.63, 3.8) is 0 Å². The number of halogens is 1. The number of aryl methyl sites for hydroxylation is 2. The molecule has 4 nitrogen and oxygen atoms in total. The molecule has 2 heterocycles. The number of rotatable bonds is 2. The largest absolute Gasteiger partial charge is 0.375 e. The quantitative estimate of drug-likeness (QED) is 0.778. The molecule has 2 rings (SSSR count). The van der Waals surface area contributed by atoms with Crippen molar-refractivity contribution in [1.82, 2.24) is 9.78 Å². The van der Waals surface area contributed by atoms with E-state index in [9.17, 15) is 0 Å². The number of ether oxygens (including phenoxy) is 1. The standard InChI is InChI=1S/C11H18BrN3O/c1-8-7-15(4-5-16-8)11-10(6-12)9(2)13-14(11)3/h8H,4-7H2,1-3H3. The van der Waals surface area contributed by atoms with Crippen molar-refractivity contribution in [1.29, 1.82) is 0 Å². The van der Waals surface area contributed by atoms with Crippen molar-refractivity contribution in [2.75, 3.05) is 24.6 Å². The van der Waals surface area contributed by atoms with Gasteiger partial charge in [-0.3, -0.25) is 4.68 Å². The average molecular weight is 288 g/mol. The predicted molar refractivity (Wildman–Crippen MR) is 68.2 cm³/mol. The smallest absolute Gasteiger partial charge is 0.131 e. The van der Waals surface area contributed by atoms with Gasteiger partial charge < -0.3 is 9.64 Å². The number of hydrogen-bond acceptors (Lipinski definition) is 3. The van der Waals surface area contributed by atoms with E-state index in [1.54, 1.807) is 0 Å². The van der Waals surface area contributed by atoms with Crippen LogP contribution in [0.2, 0.25) is 0 Å². The highest BCUT2D eigenvalue weighted by Gasteiger charge is 2.23. The minimum absolute atomic E-state index is 0.298. The number of nitrogens with zero attached hydrogens (tertiary/aromatic N) is 3. The highest BCUT2D eigenvalue weighted by molar-refractivity contribution is 9.08. The number of anilines is 1. The lowest BCUT2D eigenvalue weighted by Crippen LogP contribution is -2.42. The first kappa shape index (κ1) is 11.9. The number of aromatic nitrogens is 2. The molecule has 0 aromatic carbocycles. The van der Waals surface area contributed by atoms with Crippen LogP contribution in [0, 0.1) is 6.92 Å². The van der Waals surface area contributed by atoms with E-state index in [-0.39, 0.29) is 0 Å². The van der Waals surface area contributed by atoms with Gasteiger partial charge in [0.15, 0.2) is 0 Å². The van der Waals surface area contributed by atoms with Gasteiger partial charge in [-0.25, -0.2) is 0 Å². The maximum atomic E-state index is 5.57. The van der Waals surface area contributed by atoms with E-state index in [1.807, 2.05) is 11.7 Å². The second-order valence-corrected chi connectivity index (χ2v) is 4.83. The molecule has 1 aliphatic rings. The molecule has 90 valence electrons. The fourth-order valence-electron chi connectivity index (χ4n) is 2.25. The Hall–Kier alpha value is -0.550. The summed E-state index contributed by atoms with van der Waals surface area (Å²) in [5, 5.41) is 5.34. The first-order chi connectivity index (χ1) is 7.63. The van der Waals surface area contributed by atoms with Gasteiger partial charge in [0.25, 0.3) is 0 Å². The second kappa shape index (κ2) is 4.75. The van der Waals surface area contributed by atoms with Gasteiger partial charge in [-0.05, 0) is 13.8 Å². The van der Waals surface area contributed by atoms with E-state index in [4.69, 9.17) is 4.74 Å². The van der Waals surface area contributed by atoms with Crippen LogP contribution < -0.4 is 4.90 Å². The molecule has 1 fully saturated rings. The summed E-state index contributed by atoms with van der Waals surface area (Å²) in [5.41, 5.74) is 2.39. The van der Waals surface area contributed by atoms with Crippen LogP contribution in [0.5, 0.6) is 0 Å². The first-order valence-electron chi connectivity index (χ1n) is 5.58. The molecule has 5 heteroatoms. The third kappa shape index (κ3) is 2.11. The summed E-state index contributed by atoms with van der Waals surface area (Å²) in [4.78, 5) is 2.37. The van der Waals surface area contributed by atoms with Gasteiger partial charge >= 0.3 is 0 Å². The molecule has 0 aliphatic carbocycles. The molecule has 0 radical (unpaired) electrons. The van der Waals surface area contributed by atoms with E-state index in [2.05, 4.69) is 39.8 Å². The zero-order valence-corrected chi connectivity index (χ0v) is 11.6. The maximum Gasteiger partial charge on any atom is 0.131 e. The Labute approximate surface area is 105 Å². The summed E-state index contributed by atoms with van der Waals surface area (Å²) >= 11 is 3.54. The molecular weight excluding hydrogens is 270 g/mol. The second-order valence-electron chi connectivity index (χ2n) is 4.27. The van der Waals surface area contributed by atoms with Crippen LogP contribution in [0.1, 0.15) is 18.2 Å². The SMILES string of the molecule is Cc1nn(C)c(N2CCOC(C)C2)c1CBr. The molecule has 1 saturated heterocycles. The van der Waals surface area contributed by atoms with Crippen LogP contribution in [-0.4, -0.2) is 35.6 Å². The van der Waals surface area contributed by atoms with Gasteiger partial charge in [-0.2, -0.15) is 5.10 Å². The van der Waals surface area contributed by atoms with Crippen LogP contribution in [0.15, 0.2) is 0 Å². The Morgan fingerprint density at radius 1 is 1.56 bits per heavy atom. The summed E-state index contributed by atoms with van der Waals surface area (Å²) in [6.45, 7) is 6.86. The van der Waals surface area contributed by atoms with Crippen molar-refractivity contribution in [2.24, 2.45) is 7.05 Å². The summed E-state index contributed by atoms with van der Waals surface area (Å²) in [5.74, 6) is 1.23. The van der Waals surface area contributed by atoms with Crippen LogP contribution in [0.4, 0.5) is 5.82 Å². The fraction of sp³-hybridized carbons (Fsp3) is 0.727. The maximum absolute atomic E-state index is 5.57. The number of hydrogen-bond donors (Lipinski definition) is 0. The summed E-state index contributed by atoms with van der Waals surface area (Å²) in [7, 11) is 2.01. The summed E-state index contributed by atoms with van der Waals surface area (Å²) < 4.78 is 7.54. The van der Waals surface area contributed by atoms with Crippen molar-refractivity contribution in [2.45, 2.75) is 25.3 Å². The predicted octanol–water partition coefficient (Wildman–Crippen LogP) is 1.85. The molecule has 1 aliphatic heterocycles. The van der Waals surface area contributed by atoms with E-state index < -0.39 is 0 Å². The zero-order chi connectivity index (χ0) is 11.7. The molecule has 0 spiro atoms. The van der Waals surface area contributed by atoms with Crippen molar-refractivity contribution >= 4 is 21.7 Å². The first-order valence-corrected chi connectivity index (χ1v) is 6.70. The van der Waals surface area contributed by atoms with Gasteiger partial charge in [0, 0.05) is 31.0 Å². The molecule has 1 aromatic heterocycles. The number of alkyl halides is 1. The third-order valence-electron chi connectivity index (χ3n) is 2.99. The molecule has 0 saturated carbocycles. The summed E-state index contributed by atoms with van der Waals surface area (Å²) in [6, 6.07) is 0. The Balaban J connectivity index is 2.31. The van der Waals surface area contributed by atoms with Gasteiger partial charge in [0.2, 0.25) is 0 Å². The Morgan fingerprint density at radius 2 is 2.31 bits per heavy atom.